The third-order valence-electron chi connectivity index (χ3n) is 4.01. The molecule has 134 valence electrons. The van der Waals surface area contributed by atoms with Crippen molar-refractivity contribution in [2.75, 3.05) is 17.7 Å². The highest BCUT2D eigenvalue weighted by molar-refractivity contribution is 6.02. The Morgan fingerprint density at radius 3 is 2.77 bits per heavy atom. The summed E-state index contributed by atoms with van der Waals surface area (Å²) in [5.41, 5.74) is 2.17. The zero-order valence-electron chi connectivity index (χ0n) is 14.4. The van der Waals surface area contributed by atoms with Crippen molar-refractivity contribution >= 4 is 29.2 Å². The van der Waals surface area contributed by atoms with Gasteiger partial charge in [0.1, 0.15) is 5.75 Å². The number of benzene rings is 2. The number of para-hydroxylation sites is 2. The van der Waals surface area contributed by atoms with Crippen molar-refractivity contribution < 1.29 is 23.9 Å². The first kappa shape index (κ1) is 17.5. The number of amides is 2. The van der Waals surface area contributed by atoms with Gasteiger partial charge in [-0.3, -0.25) is 9.59 Å². The van der Waals surface area contributed by atoms with Gasteiger partial charge in [0.05, 0.1) is 24.8 Å². The number of methoxy groups -OCH3 is 1. The standard InChI is InChI=1S/C19H18N2O5/c1-11-7-8-12(19(24)25-2)9-14(11)20-17(22)10-16-18(23)21-13-5-3-4-6-15(13)26-16/h3-9,16H,10H2,1-2H3,(H,20,22)(H,21,23)/t16-/m0/s1. The summed E-state index contributed by atoms with van der Waals surface area (Å²) in [6.45, 7) is 1.80. The van der Waals surface area contributed by atoms with E-state index >= 15 is 0 Å². The molecule has 0 spiro atoms. The summed E-state index contributed by atoms with van der Waals surface area (Å²) in [4.78, 5) is 36.1. The molecule has 0 aliphatic carbocycles. The van der Waals surface area contributed by atoms with E-state index in [0.29, 0.717) is 22.7 Å². The molecule has 7 heteroatoms. The van der Waals surface area contributed by atoms with E-state index in [-0.39, 0.29) is 12.3 Å². The lowest BCUT2D eigenvalue weighted by atomic mass is 10.1. The summed E-state index contributed by atoms with van der Waals surface area (Å²) in [5, 5.41) is 5.43. The highest BCUT2D eigenvalue weighted by Gasteiger charge is 2.29. The van der Waals surface area contributed by atoms with Gasteiger partial charge in [-0.1, -0.05) is 18.2 Å². The lowest BCUT2D eigenvalue weighted by molar-refractivity contribution is -0.128. The van der Waals surface area contributed by atoms with Gasteiger partial charge in [0.15, 0.2) is 6.10 Å². The lowest BCUT2D eigenvalue weighted by Crippen LogP contribution is -2.39. The van der Waals surface area contributed by atoms with Crippen LogP contribution in [0.25, 0.3) is 0 Å². The maximum absolute atomic E-state index is 12.4. The van der Waals surface area contributed by atoms with E-state index in [0.717, 1.165) is 5.56 Å². The average molecular weight is 354 g/mol. The van der Waals surface area contributed by atoms with Crippen LogP contribution in [0.15, 0.2) is 42.5 Å². The van der Waals surface area contributed by atoms with Crippen molar-refractivity contribution in [3.8, 4) is 5.75 Å². The average Bonchev–Trinajstić information content (AvgIpc) is 2.63. The summed E-state index contributed by atoms with van der Waals surface area (Å²) in [6.07, 6.45) is -1.07. The number of nitrogens with one attached hydrogen (secondary N) is 2. The fourth-order valence-electron chi connectivity index (χ4n) is 2.60. The monoisotopic (exact) mass is 354 g/mol. The summed E-state index contributed by atoms with van der Waals surface area (Å²) >= 11 is 0. The van der Waals surface area contributed by atoms with Crippen LogP contribution in [0.3, 0.4) is 0 Å². The van der Waals surface area contributed by atoms with Crippen molar-refractivity contribution in [1.29, 1.82) is 0 Å². The van der Waals surface area contributed by atoms with Crippen LogP contribution >= 0.6 is 0 Å². The van der Waals surface area contributed by atoms with Crippen LogP contribution in [-0.4, -0.2) is 31.0 Å². The van der Waals surface area contributed by atoms with Gasteiger partial charge >= 0.3 is 5.97 Å². The van der Waals surface area contributed by atoms with Crippen molar-refractivity contribution in [1.82, 2.24) is 0 Å². The quantitative estimate of drug-likeness (QED) is 0.823. The van der Waals surface area contributed by atoms with E-state index in [9.17, 15) is 14.4 Å². The number of fused-ring (bicyclic) bond motifs is 1. The molecule has 7 nitrogen and oxygen atoms in total. The molecule has 2 N–H and O–H groups in total. The van der Waals surface area contributed by atoms with E-state index in [1.165, 1.54) is 13.2 Å². The van der Waals surface area contributed by atoms with Crippen LogP contribution in [0, 0.1) is 6.92 Å². The van der Waals surface area contributed by atoms with E-state index < -0.39 is 18.0 Å². The van der Waals surface area contributed by atoms with Gasteiger partial charge in [-0.2, -0.15) is 0 Å². The highest BCUT2D eigenvalue weighted by atomic mass is 16.5. The predicted molar refractivity (Wildman–Crippen MR) is 95.3 cm³/mol. The third-order valence-corrected chi connectivity index (χ3v) is 4.01. The van der Waals surface area contributed by atoms with Crippen LogP contribution in [0.2, 0.25) is 0 Å². The highest BCUT2D eigenvalue weighted by Crippen LogP contribution is 2.29. The summed E-state index contributed by atoms with van der Waals surface area (Å²) < 4.78 is 10.3. The van der Waals surface area contributed by atoms with E-state index in [1.807, 2.05) is 0 Å². The molecule has 0 saturated carbocycles. The molecule has 1 atom stereocenters. The minimum Gasteiger partial charge on any atom is -0.478 e. The van der Waals surface area contributed by atoms with E-state index in [1.54, 1.807) is 43.3 Å². The summed E-state index contributed by atoms with van der Waals surface area (Å²) in [7, 11) is 1.29. The van der Waals surface area contributed by atoms with Gasteiger partial charge in [-0.05, 0) is 36.8 Å². The lowest BCUT2D eigenvalue weighted by Gasteiger charge is -2.25. The zero-order chi connectivity index (χ0) is 18.7. The number of esters is 1. The Morgan fingerprint density at radius 2 is 2.00 bits per heavy atom. The zero-order valence-corrected chi connectivity index (χ0v) is 14.4. The van der Waals surface area contributed by atoms with Gasteiger partial charge in [0, 0.05) is 5.69 Å². The van der Waals surface area contributed by atoms with Crippen molar-refractivity contribution in [2.24, 2.45) is 0 Å². The Labute approximate surface area is 150 Å². The number of ether oxygens (including phenoxy) is 2. The number of carbonyl (C=O) groups is 3. The van der Waals surface area contributed by atoms with Crippen LogP contribution in [0.5, 0.6) is 5.75 Å². The molecule has 0 saturated heterocycles. The molecule has 1 aliphatic rings. The number of aryl methyl sites for hydroxylation is 1. The molecule has 0 radical (unpaired) electrons. The van der Waals surface area contributed by atoms with Gasteiger partial charge in [-0.25, -0.2) is 4.79 Å². The molecule has 0 aromatic heterocycles. The Balaban J connectivity index is 1.70. The fourth-order valence-corrected chi connectivity index (χ4v) is 2.60. The molecule has 3 rings (SSSR count). The van der Waals surface area contributed by atoms with Crippen LogP contribution in [0.1, 0.15) is 22.3 Å². The van der Waals surface area contributed by atoms with Crippen molar-refractivity contribution in [3.63, 3.8) is 0 Å². The Kier molecular flexibility index (Phi) is 4.88. The van der Waals surface area contributed by atoms with Crippen LogP contribution in [-0.2, 0) is 14.3 Å². The SMILES string of the molecule is COC(=O)c1ccc(C)c(NC(=O)C[C@@H]2Oc3ccccc3NC2=O)c1. The number of hydrogen-bond acceptors (Lipinski definition) is 5. The molecule has 2 aromatic carbocycles. The molecule has 1 heterocycles. The number of anilines is 2. The summed E-state index contributed by atoms with van der Waals surface area (Å²) in [5.74, 6) is -0.741. The minimum atomic E-state index is -0.922. The molecule has 2 aromatic rings. The van der Waals surface area contributed by atoms with Gasteiger partial charge in [0.2, 0.25) is 5.91 Å². The maximum Gasteiger partial charge on any atom is 0.337 e. The number of rotatable bonds is 4. The van der Waals surface area contributed by atoms with E-state index in [4.69, 9.17) is 4.74 Å². The first-order valence-electron chi connectivity index (χ1n) is 8.03. The molecule has 0 fully saturated rings. The second-order valence-electron chi connectivity index (χ2n) is 5.87. The minimum absolute atomic E-state index is 0.151. The van der Waals surface area contributed by atoms with E-state index in [2.05, 4.69) is 15.4 Å². The second kappa shape index (κ2) is 7.26. The number of carbonyl (C=O) groups excluding carboxylic acids is 3. The first-order chi connectivity index (χ1) is 12.5. The first-order valence-corrected chi connectivity index (χ1v) is 8.03. The van der Waals surface area contributed by atoms with Crippen LogP contribution < -0.4 is 15.4 Å². The predicted octanol–water partition coefficient (Wildman–Crippen LogP) is 2.51. The molecular formula is C19H18N2O5. The largest absolute Gasteiger partial charge is 0.478 e. The Hall–Kier alpha value is -3.35. The Morgan fingerprint density at radius 1 is 1.23 bits per heavy atom. The maximum atomic E-state index is 12.4. The summed E-state index contributed by atoms with van der Waals surface area (Å²) in [6, 6.07) is 11.9. The topological polar surface area (TPSA) is 93.7 Å². The van der Waals surface area contributed by atoms with Gasteiger partial charge < -0.3 is 20.1 Å². The Bertz CT molecular complexity index is 878. The molecule has 2 amide bonds. The molecule has 0 bridgehead atoms. The van der Waals surface area contributed by atoms with Crippen molar-refractivity contribution in [2.45, 2.75) is 19.4 Å². The third kappa shape index (κ3) is 3.66. The fraction of sp³-hybridized carbons (Fsp3) is 0.211. The number of hydrogen-bond donors (Lipinski definition) is 2. The van der Waals surface area contributed by atoms with Gasteiger partial charge in [-0.15, -0.1) is 0 Å². The molecule has 1 aliphatic heterocycles. The second-order valence-corrected chi connectivity index (χ2v) is 5.87. The normalized spacial score (nSPS) is 15.3. The molecule has 0 unspecified atom stereocenters. The smallest absolute Gasteiger partial charge is 0.337 e. The van der Waals surface area contributed by atoms with Crippen LogP contribution in [0.4, 0.5) is 11.4 Å². The van der Waals surface area contributed by atoms with Crippen molar-refractivity contribution in [3.05, 3.63) is 53.6 Å². The molecular weight excluding hydrogens is 336 g/mol. The molecule has 26 heavy (non-hydrogen) atoms. The van der Waals surface area contributed by atoms with Gasteiger partial charge in [0.25, 0.3) is 5.91 Å².